The van der Waals surface area contributed by atoms with Gasteiger partial charge in [-0.15, -0.1) is 0 Å². The first-order valence-electron chi connectivity index (χ1n) is 6.85. The summed E-state index contributed by atoms with van der Waals surface area (Å²) in [6.07, 6.45) is 2.50. The average molecular weight is 312 g/mol. The highest BCUT2D eigenvalue weighted by atomic mass is 35.5. The first kappa shape index (κ1) is 15.4. The molecule has 0 bridgehead atoms. The van der Waals surface area contributed by atoms with Crippen LogP contribution >= 0.6 is 23.2 Å². The summed E-state index contributed by atoms with van der Waals surface area (Å²) >= 11 is 12.6. The zero-order valence-electron chi connectivity index (χ0n) is 11.7. The maximum absolute atomic E-state index is 6.30. The molecular weight excluding hydrogens is 293 g/mol. The predicted octanol–water partition coefficient (Wildman–Crippen LogP) is 4.10. The van der Waals surface area contributed by atoms with Gasteiger partial charge in [0, 0.05) is 11.6 Å². The van der Waals surface area contributed by atoms with Crippen molar-refractivity contribution >= 4 is 23.2 Å². The monoisotopic (exact) mass is 311 g/mol. The molecule has 0 fully saturated rings. The Morgan fingerprint density at radius 2 is 1.95 bits per heavy atom. The van der Waals surface area contributed by atoms with E-state index < -0.39 is 0 Å². The van der Waals surface area contributed by atoms with Gasteiger partial charge in [-0.3, -0.25) is 4.68 Å². The maximum atomic E-state index is 6.30. The Morgan fingerprint density at radius 3 is 2.60 bits per heavy atom. The molecule has 0 saturated heterocycles. The summed E-state index contributed by atoms with van der Waals surface area (Å²) < 4.78 is 1.94. The van der Waals surface area contributed by atoms with E-state index in [0.717, 1.165) is 35.8 Å². The molecule has 0 aliphatic rings. The third kappa shape index (κ3) is 3.35. The smallest absolute Gasteiger partial charge is 0.0834 e. The first-order chi connectivity index (χ1) is 9.67. The van der Waals surface area contributed by atoms with Crippen LogP contribution in [0.1, 0.15) is 31.1 Å². The molecule has 2 rings (SSSR count). The van der Waals surface area contributed by atoms with Gasteiger partial charge in [-0.2, -0.15) is 5.10 Å². The average Bonchev–Trinajstić information content (AvgIpc) is 2.81. The maximum Gasteiger partial charge on any atom is 0.0834 e. The molecule has 0 spiro atoms. The fraction of sp³-hybridized carbons (Fsp3) is 0.400. The van der Waals surface area contributed by atoms with Crippen LogP contribution in [-0.2, 0) is 13.0 Å². The van der Waals surface area contributed by atoms with Crippen molar-refractivity contribution in [2.24, 2.45) is 0 Å². The van der Waals surface area contributed by atoms with E-state index in [2.05, 4.69) is 24.3 Å². The van der Waals surface area contributed by atoms with Gasteiger partial charge in [0.25, 0.3) is 0 Å². The molecule has 108 valence electrons. The third-order valence-electron chi connectivity index (χ3n) is 3.30. The predicted molar refractivity (Wildman–Crippen MR) is 84.5 cm³/mol. The number of hydrogen-bond donors (Lipinski definition) is 1. The van der Waals surface area contributed by atoms with Crippen LogP contribution in [0, 0.1) is 0 Å². The van der Waals surface area contributed by atoms with Crippen LogP contribution in [0.2, 0.25) is 10.0 Å². The summed E-state index contributed by atoms with van der Waals surface area (Å²) in [4.78, 5) is 0. The van der Waals surface area contributed by atoms with Gasteiger partial charge in [0.05, 0.1) is 23.0 Å². The van der Waals surface area contributed by atoms with E-state index in [1.54, 1.807) is 6.20 Å². The van der Waals surface area contributed by atoms with Crippen LogP contribution in [0.15, 0.2) is 30.5 Å². The van der Waals surface area contributed by atoms with Crippen molar-refractivity contribution in [3.63, 3.8) is 0 Å². The second kappa shape index (κ2) is 7.11. The van der Waals surface area contributed by atoms with Gasteiger partial charge >= 0.3 is 0 Å². The Kier molecular flexibility index (Phi) is 5.46. The molecule has 0 aliphatic heterocycles. The molecular formula is C15H19Cl2N3. The highest BCUT2D eigenvalue weighted by Crippen LogP contribution is 2.28. The molecule has 5 heteroatoms. The molecule has 1 unspecified atom stereocenters. The van der Waals surface area contributed by atoms with Crippen molar-refractivity contribution in [3.8, 4) is 0 Å². The number of rotatable bonds is 6. The van der Waals surface area contributed by atoms with Gasteiger partial charge < -0.3 is 5.32 Å². The molecule has 1 heterocycles. The molecule has 2 aromatic rings. The molecule has 0 radical (unpaired) electrons. The van der Waals surface area contributed by atoms with E-state index in [1.807, 2.05) is 28.9 Å². The highest BCUT2D eigenvalue weighted by Gasteiger charge is 2.20. The van der Waals surface area contributed by atoms with E-state index in [4.69, 9.17) is 23.2 Å². The van der Waals surface area contributed by atoms with Crippen molar-refractivity contribution in [2.75, 3.05) is 6.54 Å². The van der Waals surface area contributed by atoms with E-state index in [1.165, 1.54) is 0 Å². The largest absolute Gasteiger partial charge is 0.309 e. The van der Waals surface area contributed by atoms with Crippen molar-refractivity contribution in [3.05, 3.63) is 51.8 Å². The van der Waals surface area contributed by atoms with Crippen LogP contribution in [0.3, 0.4) is 0 Å². The standard InChI is InChI=1S/C15H19Cl2N3/c1-3-18-14(9-11-7-5-6-8-12(11)16)15-13(17)10-19-20(15)4-2/h5-8,10,14,18H,3-4,9H2,1-2H3. The molecule has 0 saturated carbocycles. The Labute approximate surface area is 129 Å². The number of benzene rings is 1. The van der Waals surface area contributed by atoms with Gasteiger partial charge in [0.2, 0.25) is 0 Å². The molecule has 1 aromatic carbocycles. The Balaban J connectivity index is 2.32. The molecule has 0 aliphatic carbocycles. The van der Waals surface area contributed by atoms with Crippen molar-refractivity contribution in [2.45, 2.75) is 32.9 Å². The number of halogens is 2. The summed E-state index contributed by atoms with van der Waals surface area (Å²) in [5, 5.41) is 9.27. The van der Waals surface area contributed by atoms with E-state index in [9.17, 15) is 0 Å². The number of aromatic nitrogens is 2. The lowest BCUT2D eigenvalue weighted by Gasteiger charge is -2.20. The van der Waals surface area contributed by atoms with Gasteiger partial charge in [-0.05, 0) is 31.5 Å². The molecule has 0 amide bonds. The van der Waals surface area contributed by atoms with Crippen LogP contribution in [0.5, 0.6) is 0 Å². The molecule has 20 heavy (non-hydrogen) atoms. The quantitative estimate of drug-likeness (QED) is 0.870. The van der Waals surface area contributed by atoms with E-state index in [-0.39, 0.29) is 6.04 Å². The number of likely N-dealkylation sites (N-methyl/N-ethyl adjacent to an activating group) is 1. The fourth-order valence-corrected chi connectivity index (χ4v) is 2.85. The summed E-state index contributed by atoms with van der Waals surface area (Å²) in [5.41, 5.74) is 2.14. The van der Waals surface area contributed by atoms with Crippen LogP contribution in [-0.4, -0.2) is 16.3 Å². The Hall–Kier alpha value is -1.03. The van der Waals surface area contributed by atoms with Gasteiger partial charge in [-0.1, -0.05) is 48.3 Å². The summed E-state index contributed by atoms with van der Waals surface area (Å²) in [6, 6.07) is 8.02. The summed E-state index contributed by atoms with van der Waals surface area (Å²) in [6.45, 7) is 5.80. The van der Waals surface area contributed by atoms with Crippen molar-refractivity contribution in [1.29, 1.82) is 0 Å². The Morgan fingerprint density at radius 1 is 1.20 bits per heavy atom. The first-order valence-corrected chi connectivity index (χ1v) is 7.60. The van der Waals surface area contributed by atoms with Crippen LogP contribution < -0.4 is 5.32 Å². The molecule has 1 N–H and O–H groups in total. The summed E-state index contributed by atoms with van der Waals surface area (Å²) in [5.74, 6) is 0. The van der Waals surface area contributed by atoms with Crippen molar-refractivity contribution in [1.82, 2.24) is 15.1 Å². The molecule has 1 atom stereocenters. The normalized spacial score (nSPS) is 12.6. The number of aryl methyl sites for hydroxylation is 1. The van der Waals surface area contributed by atoms with E-state index >= 15 is 0 Å². The minimum absolute atomic E-state index is 0.106. The molecule has 3 nitrogen and oxygen atoms in total. The van der Waals surface area contributed by atoms with Gasteiger partial charge in [0.15, 0.2) is 0 Å². The lowest BCUT2D eigenvalue weighted by Crippen LogP contribution is -2.26. The number of nitrogens with one attached hydrogen (secondary N) is 1. The number of hydrogen-bond acceptors (Lipinski definition) is 2. The van der Waals surface area contributed by atoms with E-state index in [0.29, 0.717) is 5.02 Å². The highest BCUT2D eigenvalue weighted by molar-refractivity contribution is 6.31. The second-order valence-corrected chi connectivity index (χ2v) is 5.41. The Bertz CT molecular complexity index is 566. The minimum Gasteiger partial charge on any atom is -0.309 e. The fourth-order valence-electron chi connectivity index (χ4n) is 2.37. The zero-order valence-corrected chi connectivity index (χ0v) is 13.2. The lowest BCUT2D eigenvalue weighted by molar-refractivity contribution is 0.490. The van der Waals surface area contributed by atoms with Crippen LogP contribution in [0.4, 0.5) is 0 Å². The second-order valence-electron chi connectivity index (χ2n) is 4.60. The minimum atomic E-state index is 0.106. The van der Waals surface area contributed by atoms with Gasteiger partial charge in [0.1, 0.15) is 0 Å². The molecule has 1 aromatic heterocycles. The SMILES string of the molecule is CCNC(Cc1ccccc1Cl)c1c(Cl)cnn1CC. The number of nitrogens with zero attached hydrogens (tertiary/aromatic N) is 2. The third-order valence-corrected chi connectivity index (χ3v) is 3.96. The lowest BCUT2D eigenvalue weighted by atomic mass is 10.0. The topological polar surface area (TPSA) is 29.9 Å². The zero-order chi connectivity index (χ0) is 14.5. The van der Waals surface area contributed by atoms with Crippen molar-refractivity contribution < 1.29 is 0 Å². The van der Waals surface area contributed by atoms with Crippen LogP contribution in [0.25, 0.3) is 0 Å². The summed E-state index contributed by atoms with van der Waals surface area (Å²) in [7, 11) is 0. The van der Waals surface area contributed by atoms with Gasteiger partial charge in [-0.25, -0.2) is 0 Å².